The van der Waals surface area contributed by atoms with Crippen LogP contribution in [0.3, 0.4) is 0 Å². The van der Waals surface area contributed by atoms with Gasteiger partial charge in [0.25, 0.3) is 0 Å². The second kappa shape index (κ2) is 6.09. The molecule has 0 radical (unpaired) electrons. The Morgan fingerprint density at radius 1 is 1.32 bits per heavy atom. The van der Waals surface area contributed by atoms with Gasteiger partial charge in [0.1, 0.15) is 5.75 Å². The molecule has 1 aliphatic carbocycles. The van der Waals surface area contributed by atoms with E-state index in [9.17, 15) is 4.79 Å². The molecular formula is C16H23NO2. The van der Waals surface area contributed by atoms with Crippen LogP contribution >= 0.6 is 0 Å². The number of aryl methyl sites for hydroxylation is 2. The average molecular weight is 261 g/mol. The first-order valence-corrected chi connectivity index (χ1v) is 7.03. The van der Waals surface area contributed by atoms with Crippen molar-refractivity contribution in [2.24, 2.45) is 5.92 Å². The highest BCUT2D eigenvalue weighted by Gasteiger charge is 2.22. The molecule has 1 amide bonds. The van der Waals surface area contributed by atoms with Crippen LogP contribution in [-0.4, -0.2) is 13.0 Å². The first-order valence-electron chi connectivity index (χ1n) is 7.03. The van der Waals surface area contributed by atoms with Crippen LogP contribution in [0, 0.1) is 19.8 Å². The van der Waals surface area contributed by atoms with Gasteiger partial charge in [-0.3, -0.25) is 4.79 Å². The molecule has 1 aliphatic rings. The highest BCUT2D eigenvalue weighted by Crippen LogP contribution is 2.26. The summed E-state index contributed by atoms with van der Waals surface area (Å²) >= 11 is 0. The fourth-order valence-electron chi connectivity index (χ4n) is 2.88. The number of amides is 1. The van der Waals surface area contributed by atoms with E-state index >= 15 is 0 Å². The lowest BCUT2D eigenvalue weighted by molar-refractivity contribution is -0.124. The van der Waals surface area contributed by atoms with E-state index in [-0.39, 0.29) is 11.8 Å². The van der Waals surface area contributed by atoms with E-state index in [0.717, 1.165) is 24.2 Å². The Kier molecular flexibility index (Phi) is 4.46. The number of hydrogen-bond acceptors (Lipinski definition) is 2. The van der Waals surface area contributed by atoms with Gasteiger partial charge in [-0.1, -0.05) is 18.9 Å². The molecule has 0 bridgehead atoms. The molecule has 19 heavy (non-hydrogen) atoms. The van der Waals surface area contributed by atoms with Crippen LogP contribution in [0.1, 0.15) is 42.4 Å². The maximum atomic E-state index is 12.0. The molecule has 0 atom stereocenters. The van der Waals surface area contributed by atoms with Crippen molar-refractivity contribution in [1.29, 1.82) is 0 Å². The molecule has 1 aromatic rings. The molecule has 1 saturated carbocycles. The van der Waals surface area contributed by atoms with E-state index in [0.29, 0.717) is 6.54 Å². The predicted molar refractivity (Wildman–Crippen MR) is 76.3 cm³/mol. The Morgan fingerprint density at radius 2 is 2.00 bits per heavy atom. The summed E-state index contributed by atoms with van der Waals surface area (Å²) in [6.07, 6.45) is 4.45. The van der Waals surface area contributed by atoms with E-state index in [2.05, 4.69) is 25.2 Å². The molecular weight excluding hydrogens is 238 g/mol. The molecule has 0 spiro atoms. The van der Waals surface area contributed by atoms with Gasteiger partial charge in [-0.25, -0.2) is 0 Å². The summed E-state index contributed by atoms with van der Waals surface area (Å²) in [6.45, 7) is 4.67. The number of methoxy groups -OCH3 is 1. The highest BCUT2D eigenvalue weighted by molar-refractivity contribution is 5.79. The van der Waals surface area contributed by atoms with Crippen LogP contribution < -0.4 is 10.1 Å². The Hall–Kier alpha value is -1.51. The second-order valence-corrected chi connectivity index (χ2v) is 5.46. The quantitative estimate of drug-likeness (QED) is 0.904. The molecule has 2 rings (SSSR count). The SMILES string of the molecule is COc1cc(C)cc(C)c1CNC(=O)C1CCCC1. The third kappa shape index (κ3) is 3.28. The van der Waals surface area contributed by atoms with Crippen molar-refractivity contribution in [3.8, 4) is 5.75 Å². The molecule has 0 aliphatic heterocycles. The van der Waals surface area contributed by atoms with Crippen LogP contribution in [-0.2, 0) is 11.3 Å². The van der Waals surface area contributed by atoms with E-state index in [4.69, 9.17) is 4.74 Å². The first kappa shape index (κ1) is 13.9. The first-order chi connectivity index (χ1) is 9.11. The van der Waals surface area contributed by atoms with Gasteiger partial charge in [-0.15, -0.1) is 0 Å². The number of carbonyl (C=O) groups excluding carboxylic acids is 1. The van der Waals surface area contributed by atoms with Crippen molar-refractivity contribution in [1.82, 2.24) is 5.32 Å². The highest BCUT2D eigenvalue weighted by atomic mass is 16.5. The average Bonchev–Trinajstić information content (AvgIpc) is 2.90. The number of hydrogen-bond donors (Lipinski definition) is 1. The third-order valence-corrected chi connectivity index (χ3v) is 3.96. The van der Waals surface area contributed by atoms with Gasteiger partial charge in [0.2, 0.25) is 5.91 Å². The van der Waals surface area contributed by atoms with E-state index in [1.165, 1.54) is 24.0 Å². The predicted octanol–water partition coefficient (Wildman–Crippen LogP) is 3.12. The lowest BCUT2D eigenvalue weighted by Crippen LogP contribution is -2.29. The van der Waals surface area contributed by atoms with Crippen LogP contribution in [0.4, 0.5) is 0 Å². The van der Waals surface area contributed by atoms with Crippen molar-refractivity contribution >= 4 is 5.91 Å². The smallest absolute Gasteiger partial charge is 0.223 e. The Labute approximate surface area is 115 Å². The van der Waals surface area contributed by atoms with Crippen molar-refractivity contribution in [3.05, 3.63) is 28.8 Å². The zero-order chi connectivity index (χ0) is 13.8. The minimum absolute atomic E-state index is 0.194. The molecule has 1 N–H and O–H groups in total. The van der Waals surface area contributed by atoms with Gasteiger partial charge < -0.3 is 10.1 Å². The maximum Gasteiger partial charge on any atom is 0.223 e. The number of benzene rings is 1. The van der Waals surface area contributed by atoms with Gasteiger partial charge in [0.15, 0.2) is 0 Å². The van der Waals surface area contributed by atoms with E-state index < -0.39 is 0 Å². The normalized spacial score (nSPS) is 15.5. The summed E-state index contributed by atoms with van der Waals surface area (Å²) < 4.78 is 5.41. The maximum absolute atomic E-state index is 12.0. The zero-order valence-electron chi connectivity index (χ0n) is 12.1. The number of ether oxygens (including phenoxy) is 1. The summed E-state index contributed by atoms with van der Waals surface area (Å²) in [5.74, 6) is 1.28. The van der Waals surface area contributed by atoms with Crippen molar-refractivity contribution in [3.63, 3.8) is 0 Å². The second-order valence-electron chi connectivity index (χ2n) is 5.46. The van der Waals surface area contributed by atoms with Crippen LogP contribution in [0.25, 0.3) is 0 Å². The lowest BCUT2D eigenvalue weighted by Gasteiger charge is -2.15. The topological polar surface area (TPSA) is 38.3 Å². The van der Waals surface area contributed by atoms with Crippen LogP contribution in [0.15, 0.2) is 12.1 Å². The molecule has 1 aromatic carbocycles. The number of nitrogens with one attached hydrogen (secondary N) is 1. The van der Waals surface area contributed by atoms with Gasteiger partial charge in [-0.05, 0) is 43.9 Å². The summed E-state index contributed by atoms with van der Waals surface area (Å²) in [4.78, 5) is 12.0. The summed E-state index contributed by atoms with van der Waals surface area (Å²) in [7, 11) is 1.68. The van der Waals surface area contributed by atoms with Crippen LogP contribution in [0.2, 0.25) is 0 Å². The zero-order valence-corrected chi connectivity index (χ0v) is 12.1. The minimum atomic E-state index is 0.194. The standard InChI is InChI=1S/C16H23NO2/c1-11-8-12(2)14(15(9-11)19-3)10-17-16(18)13-6-4-5-7-13/h8-9,13H,4-7,10H2,1-3H3,(H,17,18). The van der Waals surface area contributed by atoms with Crippen molar-refractivity contribution < 1.29 is 9.53 Å². The number of carbonyl (C=O) groups is 1. The Balaban J connectivity index is 2.04. The van der Waals surface area contributed by atoms with Gasteiger partial charge in [0, 0.05) is 18.0 Å². The van der Waals surface area contributed by atoms with Gasteiger partial charge in [-0.2, -0.15) is 0 Å². The molecule has 0 saturated heterocycles. The minimum Gasteiger partial charge on any atom is -0.496 e. The number of rotatable bonds is 4. The fourth-order valence-corrected chi connectivity index (χ4v) is 2.88. The molecule has 3 nitrogen and oxygen atoms in total. The fraction of sp³-hybridized carbons (Fsp3) is 0.562. The third-order valence-electron chi connectivity index (χ3n) is 3.96. The molecule has 0 unspecified atom stereocenters. The van der Waals surface area contributed by atoms with Gasteiger partial charge in [0.05, 0.1) is 7.11 Å². The summed E-state index contributed by atoms with van der Waals surface area (Å²) in [5.41, 5.74) is 3.43. The van der Waals surface area contributed by atoms with Crippen molar-refractivity contribution in [2.75, 3.05) is 7.11 Å². The monoisotopic (exact) mass is 261 g/mol. The Bertz CT molecular complexity index is 462. The molecule has 0 aromatic heterocycles. The summed E-state index contributed by atoms with van der Waals surface area (Å²) in [5, 5.41) is 3.06. The molecule has 1 fully saturated rings. The van der Waals surface area contributed by atoms with E-state index in [1.807, 2.05) is 6.07 Å². The molecule has 0 heterocycles. The molecule has 3 heteroatoms. The molecule has 104 valence electrons. The van der Waals surface area contributed by atoms with Crippen molar-refractivity contribution in [2.45, 2.75) is 46.1 Å². The summed E-state index contributed by atoms with van der Waals surface area (Å²) in [6, 6.07) is 4.14. The van der Waals surface area contributed by atoms with E-state index in [1.54, 1.807) is 7.11 Å². The lowest BCUT2D eigenvalue weighted by atomic mass is 10.0. The largest absolute Gasteiger partial charge is 0.496 e. The van der Waals surface area contributed by atoms with Gasteiger partial charge >= 0.3 is 0 Å². The Morgan fingerprint density at radius 3 is 2.63 bits per heavy atom. The van der Waals surface area contributed by atoms with Crippen LogP contribution in [0.5, 0.6) is 5.75 Å².